The van der Waals surface area contributed by atoms with Gasteiger partial charge in [0.2, 0.25) is 0 Å². The van der Waals surface area contributed by atoms with Crippen LogP contribution >= 0.6 is 43.6 Å². The molecule has 1 fully saturated rings. The van der Waals surface area contributed by atoms with Crippen LogP contribution in [0.25, 0.3) is 6.08 Å². The van der Waals surface area contributed by atoms with Gasteiger partial charge in [0.25, 0.3) is 16.8 Å². The highest BCUT2D eigenvalue weighted by Crippen LogP contribution is 2.40. The van der Waals surface area contributed by atoms with Crippen molar-refractivity contribution >= 4 is 66.5 Å². The van der Waals surface area contributed by atoms with Gasteiger partial charge in [-0.05, 0) is 87.7 Å². The summed E-state index contributed by atoms with van der Waals surface area (Å²) < 4.78 is 13.2. The molecule has 1 saturated heterocycles. The predicted molar refractivity (Wildman–Crippen MR) is 148 cm³/mol. The van der Waals surface area contributed by atoms with E-state index in [1.165, 1.54) is 17.0 Å². The molecule has 37 heavy (non-hydrogen) atoms. The number of halogens is 2. The first-order chi connectivity index (χ1) is 17.8. The maximum Gasteiger partial charge on any atom is 0.293 e. The molecule has 0 saturated carbocycles. The lowest BCUT2D eigenvalue weighted by Crippen LogP contribution is -2.27. The van der Waals surface area contributed by atoms with E-state index in [4.69, 9.17) is 9.47 Å². The first-order valence-electron chi connectivity index (χ1n) is 11.1. The van der Waals surface area contributed by atoms with Crippen molar-refractivity contribution in [3.63, 3.8) is 0 Å². The van der Waals surface area contributed by atoms with E-state index in [0.29, 0.717) is 33.0 Å². The molecule has 0 radical (unpaired) electrons. The van der Waals surface area contributed by atoms with Crippen LogP contribution in [0.2, 0.25) is 0 Å². The van der Waals surface area contributed by atoms with Gasteiger partial charge >= 0.3 is 0 Å². The Kier molecular flexibility index (Phi) is 8.67. The van der Waals surface area contributed by atoms with E-state index in [9.17, 15) is 19.7 Å². The van der Waals surface area contributed by atoms with E-state index in [1.54, 1.807) is 30.3 Å². The number of amides is 2. The molecule has 0 aromatic heterocycles. The highest BCUT2D eigenvalue weighted by atomic mass is 79.9. The number of ether oxygens (including phenoxy) is 2. The van der Waals surface area contributed by atoms with E-state index in [1.807, 2.05) is 31.2 Å². The number of hydrogen-bond donors (Lipinski definition) is 0. The molecule has 1 aliphatic heterocycles. The molecule has 1 aliphatic rings. The molecule has 2 amide bonds. The largest absolute Gasteiger partial charge is 0.490 e. The van der Waals surface area contributed by atoms with Gasteiger partial charge in [-0.3, -0.25) is 24.6 Å². The topological polar surface area (TPSA) is 99.0 Å². The predicted octanol–water partition coefficient (Wildman–Crippen LogP) is 7.33. The van der Waals surface area contributed by atoms with Crippen LogP contribution < -0.4 is 9.47 Å². The second-order valence-corrected chi connectivity index (χ2v) is 10.5. The monoisotopic (exact) mass is 646 g/mol. The lowest BCUT2D eigenvalue weighted by Gasteiger charge is -2.15. The Labute approximate surface area is 234 Å². The Morgan fingerprint density at radius 2 is 1.76 bits per heavy atom. The third-order valence-electron chi connectivity index (χ3n) is 5.32. The average Bonchev–Trinajstić information content (AvgIpc) is 3.12. The summed E-state index contributed by atoms with van der Waals surface area (Å²) in [4.78, 5) is 37.5. The first kappa shape index (κ1) is 26.9. The molecule has 0 bridgehead atoms. The van der Waals surface area contributed by atoms with E-state index in [-0.39, 0.29) is 30.0 Å². The Bertz CT molecular complexity index is 1390. The highest BCUT2D eigenvalue weighted by molar-refractivity contribution is 9.10. The fraction of sp³-hybridized carbons (Fsp3) is 0.154. The summed E-state index contributed by atoms with van der Waals surface area (Å²) in [5, 5.41) is 10.5. The zero-order valence-corrected chi connectivity index (χ0v) is 23.5. The second-order valence-electron chi connectivity index (χ2n) is 7.83. The molecular formula is C26H20Br2N2O6S. The minimum Gasteiger partial charge on any atom is -0.490 e. The van der Waals surface area contributed by atoms with E-state index < -0.39 is 4.92 Å². The Morgan fingerprint density at radius 1 is 1.03 bits per heavy atom. The molecule has 0 spiro atoms. The molecule has 11 heteroatoms. The van der Waals surface area contributed by atoms with Gasteiger partial charge in [0.15, 0.2) is 11.5 Å². The normalized spacial score (nSPS) is 14.4. The van der Waals surface area contributed by atoms with E-state index in [0.717, 1.165) is 27.4 Å². The summed E-state index contributed by atoms with van der Waals surface area (Å²) in [7, 11) is 0. The summed E-state index contributed by atoms with van der Waals surface area (Å²) in [5.74, 6) is 0.551. The Balaban J connectivity index is 1.54. The lowest BCUT2D eigenvalue weighted by atomic mass is 10.1. The number of imide groups is 1. The van der Waals surface area contributed by atoms with Crippen LogP contribution in [-0.4, -0.2) is 27.6 Å². The summed E-state index contributed by atoms with van der Waals surface area (Å²) >= 11 is 7.86. The fourth-order valence-corrected chi connectivity index (χ4v) is 5.35. The molecule has 0 unspecified atom stereocenters. The zero-order valence-electron chi connectivity index (χ0n) is 19.5. The second kappa shape index (κ2) is 11.9. The van der Waals surface area contributed by atoms with E-state index in [2.05, 4.69) is 31.9 Å². The number of carbonyl (C=O) groups is 2. The van der Waals surface area contributed by atoms with Gasteiger partial charge in [0, 0.05) is 16.6 Å². The number of thioether (sulfide) groups is 1. The summed E-state index contributed by atoms with van der Waals surface area (Å²) in [6, 6.07) is 17.1. The van der Waals surface area contributed by atoms with Crippen molar-refractivity contribution < 1.29 is 24.0 Å². The molecular weight excluding hydrogens is 628 g/mol. The number of benzene rings is 3. The van der Waals surface area contributed by atoms with Crippen LogP contribution in [0.15, 0.2) is 74.5 Å². The lowest BCUT2D eigenvalue weighted by molar-refractivity contribution is -0.384. The summed E-state index contributed by atoms with van der Waals surface area (Å²) in [6.45, 7) is 2.57. The van der Waals surface area contributed by atoms with Gasteiger partial charge in [0.1, 0.15) is 6.61 Å². The van der Waals surface area contributed by atoms with Crippen molar-refractivity contribution in [2.24, 2.45) is 0 Å². The van der Waals surface area contributed by atoms with Crippen molar-refractivity contribution in [2.45, 2.75) is 20.1 Å². The van der Waals surface area contributed by atoms with Crippen LogP contribution in [-0.2, 0) is 17.9 Å². The number of nitrogens with zero attached hydrogens (tertiary/aromatic N) is 2. The third-order valence-corrected chi connectivity index (χ3v) is 7.59. The molecule has 3 aromatic rings. The molecule has 4 rings (SSSR count). The van der Waals surface area contributed by atoms with Crippen LogP contribution in [0, 0.1) is 10.1 Å². The quantitative estimate of drug-likeness (QED) is 0.136. The highest BCUT2D eigenvalue weighted by Gasteiger charge is 2.35. The standard InChI is InChI=1S/C26H20Br2N2O6S/c1-2-35-22-12-17(11-21(28)24(22)36-15-16-7-9-19(10-8-16)30(33)34)13-23-25(31)29(26(32)37-23)14-18-5-3-4-6-20(18)27/h3-13H,2,14-15H2,1H3/b23-13+. The Hall–Kier alpha value is -3.15. The maximum atomic E-state index is 13.0. The minimum absolute atomic E-state index is 0.00473. The molecule has 1 heterocycles. The number of nitro groups is 1. The van der Waals surface area contributed by atoms with Crippen molar-refractivity contribution in [1.82, 2.24) is 4.90 Å². The van der Waals surface area contributed by atoms with Gasteiger partial charge in [-0.15, -0.1) is 0 Å². The zero-order chi connectivity index (χ0) is 26.5. The third kappa shape index (κ3) is 6.41. The first-order valence-corrected chi connectivity index (χ1v) is 13.5. The smallest absolute Gasteiger partial charge is 0.293 e. The van der Waals surface area contributed by atoms with Crippen molar-refractivity contribution in [1.29, 1.82) is 0 Å². The fourth-order valence-electron chi connectivity index (χ4n) is 3.53. The molecule has 8 nitrogen and oxygen atoms in total. The minimum atomic E-state index is -0.456. The number of nitro benzene ring substituents is 1. The van der Waals surface area contributed by atoms with Gasteiger partial charge < -0.3 is 9.47 Å². The van der Waals surface area contributed by atoms with Gasteiger partial charge in [-0.1, -0.05) is 34.1 Å². The van der Waals surface area contributed by atoms with Crippen molar-refractivity contribution in [2.75, 3.05) is 6.61 Å². The maximum absolute atomic E-state index is 13.0. The van der Waals surface area contributed by atoms with Gasteiger partial charge in [-0.25, -0.2) is 0 Å². The van der Waals surface area contributed by atoms with Crippen LogP contribution in [0.1, 0.15) is 23.6 Å². The molecule has 0 N–H and O–H groups in total. The van der Waals surface area contributed by atoms with Crippen molar-refractivity contribution in [3.05, 3.63) is 101 Å². The Morgan fingerprint density at radius 3 is 2.43 bits per heavy atom. The average molecular weight is 648 g/mol. The number of non-ortho nitro benzene ring substituents is 1. The van der Waals surface area contributed by atoms with Crippen LogP contribution in [0.4, 0.5) is 10.5 Å². The van der Waals surface area contributed by atoms with Crippen LogP contribution in [0.3, 0.4) is 0 Å². The number of rotatable bonds is 9. The molecule has 0 atom stereocenters. The summed E-state index contributed by atoms with van der Waals surface area (Å²) in [6.07, 6.45) is 1.65. The number of carbonyl (C=O) groups excluding carboxylic acids is 2. The van der Waals surface area contributed by atoms with Gasteiger partial charge in [-0.2, -0.15) is 0 Å². The molecule has 3 aromatic carbocycles. The van der Waals surface area contributed by atoms with Crippen LogP contribution in [0.5, 0.6) is 11.5 Å². The summed E-state index contributed by atoms with van der Waals surface area (Å²) in [5.41, 5.74) is 2.25. The van der Waals surface area contributed by atoms with Crippen molar-refractivity contribution in [3.8, 4) is 11.5 Å². The molecule has 0 aliphatic carbocycles. The number of hydrogen-bond acceptors (Lipinski definition) is 7. The molecule has 190 valence electrons. The van der Waals surface area contributed by atoms with E-state index >= 15 is 0 Å². The van der Waals surface area contributed by atoms with Gasteiger partial charge in [0.05, 0.1) is 27.5 Å². The SMILES string of the molecule is CCOc1cc(/C=C2/SC(=O)N(Cc3ccccc3Br)C2=O)cc(Br)c1OCc1ccc([N+](=O)[O-])cc1.